The molecule has 4 aromatic rings. The van der Waals surface area contributed by atoms with Gasteiger partial charge >= 0.3 is 6.18 Å². The molecule has 0 bridgehead atoms. The molecule has 1 aromatic heterocycles. The molecule has 0 aliphatic carbocycles. The van der Waals surface area contributed by atoms with Gasteiger partial charge < -0.3 is 24.8 Å². The molecule has 34 heavy (non-hydrogen) atoms. The molecule has 2 heterocycles. The number of halogens is 3. The normalized spacial score (nSPS) is 15.1. The number of aromatic hydroxyl groups is 1. The number of alkyl halides is 3. The summed E-state index contributed by atoms with van der Waals surface area (Å²) in [6.45, 7) is -0.310. The molecule has 0 amide bonds. The van der Waals surface area contributed by atoms with E-state index in [4.69, 9.17) is 19.7 Å². The fourth-order valence-corrected chi connectivity index (χ4v) is 4.05. The monoisotopic (exact) mass is 469 g/mol. The zero-order chi connectivity index (χ0) is 24.0. The highest BCUT2D eigenvalue weighted by Gasteiger charge is 2.35. The first-order chi connectivity index (χ1) is 16.2. The van der Waals surface area contributed by atoms with Gasteiger partial charge in [0, 0.05) is 34.3 Å². The highest BCUT2D eigenvalue weighted by atomic mass is 19.4. The van der Waals surface area contributed by atoms with E-state index in [1.165, 1.54) is 18.2 Å². The van der Waals surface area contributed by atoms with Crippen molar-refractivity contribution in [2.75, 3.05) is 6.61 Å². The van der Waals surface area contributed by atoms with Gasteiger partial charge in [0.05, 0.1) is 11.1 Å². The van der Waals surface area contributed by atoms with Crippen LogP contribution in [0.4, 0.5) is 13.2 Å². The Kier molecular flexibility index (Phi) is 5.30. The quantitative estimate of drug-likeness (QED) is 0.372. The number of pyridine rings is 1. The molecule has 9 heteroatoms. The second-order valence-corrected chi connectivity index (χ2v) is 7.85. The molecule has 1 aliphatic heterocycles. The molecule has 1 aliphatic rings. The SMILES string of the molecule is Oc1ccc2c3c(cnc2c1)-c1ccc(C(F)(F)F)cc1O[C@@H]3c1ccc(OCC(O)O)cc1. The number of phenolic OH excluding ortho intramolecular Hbond substituents is 1. The molecule has 6 nitrogen and oxygen atoms in total. The van der Waals surface area contributed by atoms with E-state index in [1.807, 2.05) is 0 Å². The maximum Gasteiger partial charge on any atom is 0.416 e. The van der Waals surface area contributed by atoms with Gasteiger partial charge in [-0.25, -0.2) is 0 Å². The molecule has 0 saturated carbocycles. The summed E-state index contributed by atoms with van der Waals surface area (Å²) < 4.78 is 51.5. The van der Waals surface area contributed by atoms with Gasteiger partial charge in [0.25, 0.3) is 0 Å². The summed E-state index contributed by atoms with van der Waals surface area (Å²) in [7, 11) is 0. The lowest BCUT2D eigenvalue weighted by Crippen LogP contribution is -2.18. The molecule has 0 spiro atoms. The summed E-state index contributed by atoms with van der Waals surface area (Å²) in [5.74, 6) is 0.504. The molecule has 3 N–H and O–H groups in total. The van der Waals surface area contributed by atoms with Crippen LogP contribution in [0.25, 0.3) is 22.0 Å². The smallest absolute Gasteiger partial charge is 0.416 e. The second-order valence-electron chi connectivity index (χ2n) is 7.85. The predicted octanol–water partition coefficient (Wildman–Crippen LogP) is 4.80. The lowest BCUT2D eigenvalue weighted by molar-refractivity contribution is -0.137. The Balaban J connectivity index is 1.66. The van der Waals surface area contributed by atoms with Crippen LogP contribution in [0.1, 0.15) is 22.8 Å². The van der Waals surface area contributed by atoms with Crippen molar-refractivity contribution in [3.05, 3.63) is 83.6 Å². The molecule has 0 unspecified atom stereocenters. The van der Waals surface area contributed by atoms with Crippen LogP contribution in [0.5, 0.6) is 17.2 Å². The average Bonchev–Trinajstić information content (AvgIpc) is 2.81. The highest BCUT2D eigenvalue weighted by molar-refractivity contribution is 5.92. The first-order valence-electron chi connectivity index (χ1n) is 10.3. The van der Waals surface area contributed by atoms with Crippen molar-refractivity contribution in [1.82, 2.24) is 4.98 Å². The van der Waals surface area contributed by atoms with Crippen LogP contribution in [0.2, 0.25) is 0 Å². The van der Waals surface area contributed by atoms with E-state index >= 15 is 0 Å². The number of aromatic nitrogens is 1. The number of benzene rings is 3. The number of phenols is 1. The van der Waals surface area contributed by atoms with Gasteiger partial charge in [-0.05, 0) is 48.0 Å². The van der Waals surface area contributed by atoms with Crippen LogP contribution in [-0.2, 0) is 6.18 Å². The number of hydrogen-bond donors (Lipinski definition) is 3. The first-order valence-corrected chi connectivity index (χ1v) is 10.3. The van der Waals surface area contributed by atoms with E-state index in [0.29, 0.717) is 38.9 Å². The Labute approximate surface area is 191 Å². The summed E-state index contributed by atoms with van der Waals surface area (Å²) in [6, 6.07) is 14.7. The number of fused-ring (bicyclic) bond motifs is 5. The van der Waals surface area contributed by atoms with E-state index in [9.17, 15) is 18.3 Å². The van der Waals surface area contributed by atoms with E-state index in [0.717, 1.165) is 12.1 Å². The minimum Gasteiger partial charge on any atom is -0.508 e. The van der Waals surface area contributed by atoms with Crippen molar-refractivity contribution < 1.29 is 38.0 Å². The minimum absolute atomic E-state index is 0.0380. The Morgan fingerprint density at radius 1 is 0.971 bits per heavy atom. The van der Waals surface area contributed by atoms with E-state index < -0.39 is 24.1 Å². The number of nitrogens with zero attached hydrogens (tertiary/aromatic N) is 1. The standard InChI is InChI=1S/C25H18F3NO5/c26-25(27,28)14-3-7-17-19-11-29-20-10-15(30)4-8-18(20)23(19)24(34-21(17)9-14)13-1-5-16(6-2-13)33-12-22(31)32/h1-11,22,24,30-32H,12H2/t24-/m1/s1. The predicted molar refractivity (Wildman–Crippen MR) is 116 cm³/mol. The second kappa shape index (κ2) is 8.19. The minimum atomic E-state index is -4.52. The third-order valence-corrected chi connectivity index (χ3v) is 5.58. The fourth-order valence-electron chi connectivity index (χ4n) is 4.05. The summed E-state index contributed by atoms with van der Waals surface area (Å²) >= 11 is 0. The molecular weight excluding hydrogens is 451 g/mol. The van der Waals surface area contributed by atoms with Crippen molar-refractivity contribution >= 4 is 10.9 Å². The van der Waals surface area contributed by atoms with Gasteiger partial charge in [0.2, 0.25) is 0 Å². The number of aliphatic hydroxyl groups is 2. The third kappa shape index (κ3) is 4.00. The van der Waals surface area contributed by atoms with Gasteiger partial charge in [-0.15, -0.1) is 0 Å². The highest BCUT2D eigenvalue weighted by Crippen LogP contribution is 2.48. The number of aliphatic hydroxyl groups excluding tert-OH is 1. The van der Waals surface area contributed by atoms with Crippen LogP contribution in [-0.4, -0.2) is 33.2 Å². The molecule has 0 radical (unpaired) electrons. The Morgan fingerprint density at radius 3 is 2.44 bits per heavy atom. The van der Waals surface area contributed by atoms with Crippen LogP contribution in [0.3, 0.4) is 0 Å². The molecule has 0 fully saturated rings. The van der Waals surface area contributed by atoms with Gasteiger partial charge in [-0.3, -0.25) is 4.98 Å². The number of hydrogen-bond acceptors (Lipinski definition) is 6. The summed E-state index contributed by atoms with van der Waals surface area (Å²) in [5, 5.41) is 28.5. The zero-order valence-electron chi connectivity index (χ0n) is 17.5. The van der Waals surface area contributed by atoms with Gasteiger partial charge in [0.1, 0.15) is 23.9 Å². The summed E-state index contributed by atoms with van der Waals surface area (Å²) in [6.07, 6.45) is -5.34. The van der Waals surface area contributed by atoms with Crippen molar-refractivity contribution in [3.63, 3.8) is 0 Å². The van der Waals surface area contributed by atoms with Gasteiger partial charge in [-0.2, -0.15) is 13.2 Å². The fraction of sp³-hybridized carbons (Fsp3) is 0.160. The maximum atomic E-state index is 13.4. The third-order valence-electron chi connectivity index (χ3n) is 5.58. The maximum absolute atomic E-state index is 13.4. The van der Waals surface area contributed by atoms with Crippen LogP contribution >= 0.6 is 0 Å². The number of ether oxygens (including phenoxy) is 2. The average molecular weight is 469 g/mol. The first kappa shape index (κ1) is 22.0. The topological polar surface area (TPSA) is 92.0 Å². The van der Waals surface area contributed by atoms with E-state index in [2.05, 4.69) is 4.98 Å². The molecular formula is C25H18F3NO5. The molecule has 174 valence electrons. The Morgan fingerprint density at radius 2 is 1.74 bits per heavy atom. The zero-order valence-corrected chi connectivity index (χ0v) is 17.5. The van der Waals surface area contributed by atoms with Gasteiger partial charge in [-0.1, -0.05) is 12.1 Å². The van der Waals surface area contributed by atoms with Crippen LogP contribution < -0.4 is 9.47 Å². The lowest BCUT2D eigenvalue weighted by atomic mass is 9.87. The van der Waals surface area contributed by atoms with E-state index in [1.54, 1.807) is 36.5 Å². The summed E-state index contributed by atoms with van der Waals surface area (Å²) in [5.41, 5.74) is 2.15. The van der Waals surface area contributed by atoms with Crippen molar-refractivity contribution in [1.29, 1.82) is 0 Å². The van der Waals surface area contributed by atoms with Crippen molar-refractivity contribution in [3.8, 4) is 28.4 Å². The molecule has 1 atom stereocenters. The summed E-state index contributed by atoms with van der Waals surface area (Å²) in [4.78, 5) is 4.40. The lowest BCUT2D eigenvalue weighted by Gasteiger charge is -2.30. The van der Waals surface area contributed by atoms with E-state index in [-0.39, 0.29) is 18.1 Å². The Bertz CT molecular complexity index is 1370. The van der Waals surface area contributed by atoms with Crippen molar-refractivity contribution in [2.24, 2.45) is 0 Å². The van der Waals surface area contributed by atoms with Crippen LogP contribution in [0.15, 0.2) is 66.9 Å². The molecule has 5 rings (SSSR count). The number of rotatable bonds is 4. The Hall–Kier alpha value is -3.82. The van der Waals surface area contributed by atoms with Crippen molar-refractivity contribution in [2.45, 2.75) is 18.6 Å². The van der Waals surface area contributed by atoms with Gasteiger partial charge in [0.15, 0.2) is 12.4 Å². The van der Waals surface area contributed by atoms with Crippen LogP contribution in [0, 0.1) is 0 Å². The molecule has 0 saturated heterocycles. The molecule has 3 aromatic carbocycles. The largest absolute Gasteiger partial charge is 0.508 e.